The lowest BCUT2D eigenvalue weighted by Gasteiger charge is -2.37. The minimum Gasteiger partial charge on any atom is -0.368 e. The third-order valence-electron chi connectivity index (χ3n) is 6.76. The Morgan fingerprint density at radius 1 is 1.00 bits per heavy atom. The highest BCUT2D eigenvalue weighted by atomic mass is 79.9. The molecular weight excluding hydrogens is 490 g/mol. The molecule has 5 rings (SSSR count). The standard InChI is InChI=1S/C23H28BrN5O2S/c1-25-16-13-18(14-16)29-15-21(24)20-7-8-22(26-23(20)29)28-11-9-27(10-12-28)17-3-5-19(6-4-17)32(2,30)31/h3-8,15-16,18,25H,9-14H2,1-2H3. The van der Waals surface area contributed by atoms with Crippen LogP contribution in [0.2, 0.25) is 0 Å². The van der Waals surface area contributed by atoms with E-state index >= 15 is 0 Å². The van der Waals surface area contributed by atoms with Crippen LogP contribution in [-0.4, -0.2) is 63.5 Å². The number of nitrogens with zero attached hydrogens (tertiary/aromatic N) is 4. The molecule has 0 spiro atoms. The molecule has 1 saturated carbocycles. The molecule has 1 aliphatic carbocycles. The molecule has 2 aromatic heterocycles. The van der Waals surface area contributed by atoms with Gasteiger partial charge in [0.2, 0.25) is 0 Å². The van der Waals surface area contributed by atoms with Gasteiger partial charge in [0.1, 0.15) is 11.5 Å². The minimum absolute atomic E-state index is 0.360. The summed E-state index contributed by atoms with van der Waals surface area (Å²) in [7, 11) is -1.14. The van der Waals surface area contributed by atoms with Crippen molar-refractivity contribution >= 4 is 48.3 Å². The smallest absolute Gasteiger partial charge is 0.175 e. The first-order chi connectivity index (χ1) is 15.3. The molecule has 0 amide bonds. The lowest BCUT2D eigenvalue weighted by atomic mass is 9.87. The molecule has 0 atom stereocenters. The van der Waals surface area contributed by atoms with Crippen molar-refractivity contribution in [1.82, 2.24) is 14.9 Å². The van der Waals surface area contributed by atoms with Crippen molar-refractivity contribution in [3.63, 3.8) is 0 Å². The van der Waals surface area contributed by atoms with Gasteiger partial charge >= 0.3 is 0 Å². The number of hydrogen-bond donors (Lipinski definition) is 1. The van der Waals surface area contributed by atoms with Gasteiger partial charge in [-0.25, -0.2) is 13.4 Å². The summed E-state index contributed by atoms with van der Waals surface area (Å²) in [6.07, 6.45) is 5.69. The molecule has 2 aliphatic rings. The van der Waals surface area contributed by atoms with Gasteiger partial charge in [-0.3, -0.25) is 0 Å². The monoisotopic (exact) mass is 517 g/mol. The molecule has 1 saturated heterocycles. The number of benzene rings is 1. The number of sulfone groups is 1. The quantitative estimate of drug-likeness (QED) is 0.558. The van der Waals surface area contributed by atoms with Gasteiger partial charge in [-0.1, -0.05) is 0 Å². The van der Waals surface area contributed by atoms with Crippen LogP contribution in [0.25, 0.3) is 11.0 Å². The fraction of sp³-hybridized carbons (Fsp3) is 0.435. The third-order valence-corrected chi connectivity index (χ3v) is 8.52. The molecule has 0 bridgehead atoms. The Labute approximate surface area is 197 Å². The Kier molecular flexibility index (Phi) is 5.67. The van der Waals surface area contributed by atoms with Crippen molar-refractivity contribution in [2.45, 2.75) is 29.8 Å². The Hall–Kier alpha value is -2.10. The van der Waals surface area contributed by atoms with E-state index < -0.39 is 9.84 Å². The van der Waals surface area contributed by atoms with E-state index in [2.05, 4.69) is 53.9 Å². The predicted molar refractivity (Wildman–Crippen MR) is 133 cm³/mol. The van der Waals surface area contributed by atoms with Crippen LogP contribution in [-0.2, 0) is 9.84 Å². The summed E-state index contributed by atoms with van der Waals surface area (Å²) >= 11 is 3.71. The normalized spacial score (nSPS) is 21.7. The second-order valence-electron chi connectivity index (χ2n) is 8.78. The Morgan fingerprint density at radius 3 is 2.28 bits per heavy atom. The first kappa shape index (κ1) is 21.7. The molecule has 1 aliphatic heterocycles. The Balaban J connectivity index is 1.31. The van der Waals surface area contributed by atoms with Crippen LogP contribution in [0.1, 0.15) is 18.9 Å². The fourth-order valence-corrected chi connectivity index (χ4v) is 5.84. The lowest BCUT2D eigenvalue weighted by molar-refractivity contribution is 0.240. The molecule has 3 aromatic rings. The first-order valence-electron chi connectivity index (χ1n) is 11.0. The number of aromatic nitrogens is 2. The summed E-state index contributed by atoms with van der Waals surface area (Å²) < 4.78 is 26.8. The van der Waals surface area contributed by atoms with E-state index in [4.69, 9.17) is 4.98 Å². The Morgan fingerprint density at radius 2 is 1.66 bits per heavy atom. The summed E-state index contributed by atoms with van der Waals surface area (Å²) in [5.41, 5.74) is 2.11. The highest BCUT2D eigenvalue weighted by Crippen LogP contribution is 2.38. The van der Waals surface area contributed by atoms with Gasteiger partial charge in [-0.2, -0.15) is 0 Å². The largest absolute Gasteiger partial charge is 0.368 e. The molecule has 1 N–H and O–H groups in total. The van der Waals surface area contributed by atoms with Gasteiger partial charge in [-0.15, -0.1) is 0 Å². The van der Waals surface area contributed by atoms with Gasteiger partial charge in [0, 0.05) is 66.3 Å². The number of anilines is 2. The SMILES string of the molecule is CNC1CC(n2cc(Br)c3ccc(N4CCN(c5ccc(S(C)(=O)=O)cc5)CC4)nc32)C1. The van der Waals surface area contributed by atoms with Gasteiger partial charge in [0.15, 0.2) is 9.84 Å². The van der Waals surface area contributed by atoms with E-state index in [9.17, 15) is 8.42 Å². The van der Waals surface area contributed by atoms with Crippen molar-refractivity contribution in [2.24, 2.45) is 0 Å². The van der Waals surface area contributed by atoms with E-state index in [1.165, 1.54) is 6.26 Å². The lowest BCUT2D eigenvalue weighted by Crippen LogP contribution is -2.46. The molecule has 3 heterocycles. The van der Waals surface area contributed by atoms with Crippen LogP contribution in [0.5, 0.6) is 0 Å². The number of halogens is 1. The van der Waals surface area contributed by atoms with Crippen molar-refractivity contribution in [3.05, 3.63) is 47.1 Å². The zero-order valence-electron chi connectivity index (χ0n) is 18.3. The number of nitrogens with one attached hydrogen (secondary N) is 1. The van der Waals surface area contributed by atoms with E-state index in [0.717, 1.165) is 66.0 Å². The number of pyridine rings is 1. The van der Waals surface area contributed by atoms with Gasteiger partial charge in [-0.05, 0) is 72.2 Å². The molecule has 0 unspecified atom stereocenters. The number of fused-ring (bicyclic) bond motifs is 1. The van der Waals surface area contributed by atoms with E-state index in [-0.39, 0.29) is 0 Å². The molecular formula is C23H28BrN5O2S. The zero-order chi connectivity index (χ0) is 22.5. The summed E-state index contributed by atoms with van der Waals surface area (Å²) in [4.78, 5) is 10.1. The maximum atomic E-state index is 11.7. The second kappa shape index (κ2) is 8.35. The third kappa shape index (κ3) is 4.02. The number of piperazine rings is 1. The minimum atomic E-state index is -3.17. The van der Waals surface area contributed by atoms with E-state index in [0.29, 0.717) is 17.0 Å². The summed E-state index contributed by atoms with van der Waals surface area (Å²) in [5, 5.41) is 4.52. The summed E-state index contributed by atoms with van der Waals surface area (Å²) in [6.45, 7) is 3.49. The molecule has 0 radical (unpaired) electrons. The van der Waals surface area contributed by atoms with Crippen molar-refractivity contribution in [1.29, 1.82) is 0 Å². The van der Waals surface area contributed by atoms with Crippen LogP contribution < -0.4 is 15.1 Å². The first-order valence-corrected chi connectivity index (χ1v) is 13.7. The molecule has 9 heteroatoms. The van der Waals surface area contributed by atoms with Crippen molar-refractivity contribution < 1.29 is 8.42 Å². The van der Waals surface area contributed by atoms with Crippen LogP contribution >= 0.6 is 15.9 Å². The van der Waals surface area contributed by atoms with Crippen LogP contribution in [0.3, 0.4) is 0 Å². The van der Waals surface area contributed by atoms with Gasteiger partial charge in [0.25, 0.3) is 0 Å². The summed E-state index contributed by atoms with van der Waals surface area (Å²) in [6, 6.07) is 12.6. The maximum Gasteiger partial charge on any atom is 0.175 e. The Bertz CT molecular complexity index is 1230. The molecule has 2 fully saturated rings. The maximum absolute atomic E-state index is 11.7. The fourth-order valence-electron chi connectivity index (χ4n) is 4.68. The molecule has 1 aromatic carbocycles. The van der Waals surface area contributed by atoms with Gasteiger partial charge < -0.3 is 19.7 Å². The summed E-state index contributed by atoms with van der Waals surface area (Å²) in [5.74, 6) is 1.01. The molecule has 170 valence electrons. The van der Waals surface area contributed by atoms with Crippen LogP contribution in [0, 0.1) is 0 Å². The average molecular weight is 518 g/mol. The van der Waals surface area contributed by atoms with Crippen LogP contribution in [0.4, 0.5) is 11.5 Å². The number of hydrogen-bond acceptors (Lipinski definition) is 6. The van der Waals surface area contributed by atoms with E-state index in [1.807, 2.05) is 19.2 Å². The van der Waals surface area contributed by atoms with Crippen LogP contribution in [0.15, 0.2) is 52.0 Å². The van der Waals surface area contributed by atoms with Crippen molar-refractivity contribution in [2.75, 3.05) is 49.3 Å². The highest BCUT2D eigenvalue weighted by Gasteiger charge is 2.31. The van der Waals surface area contributed by atoms with Gasteiger partial charge in [0.05, 0.1) is 4.90 Å². The molecule has 7 nitrogen and oxygen atoms in total. The average Bonchev–Trinajstić information content (AvgIpc) is 3.08. The topological polar surface area (TPSA) is 70.5 Å². The highest BCUT2D eigenvalue weighted by molar-refractivity contribution is 9.10. The predicted octanol–water partition coefficient (Wildman–Crippen LogP) is 3.45. The molecule has 32 heavy (non-hydrogen) atoms. The zero-order valence-corrected chi connectivity index (χ0v) is 20.7. The van der Waals surface area contributed by atoms with E-state index in [1.54, 1.807) is 12.1 Å². The second-order valence-corrected chi connectivity index (χ2v) is 11.6. The van der Waals surface area contributed by atoms with Crippen molar-refractivity contribution in [3.8, 4) is 0 Å². The number of rotatable bonds is 5.